The molecule has 0 heterocycles. The minimum atomic E-state index is -1.97. The molecule has 6 heteroatoms. The van der Waals surface area contributed by atoms with Crippen LogP contribution >= 0.6 is 8.03 Å². The molecule has 0 aliphatic carbocycles. The second kappa shape index (κ2) is 8.46. The van der Waals surface area contributed by atoms with Gasteiger partial charge in [0.1, 0.15) is 6.07 Å². The van der Waals surface area contributed by atoms with Crippen LogP contribution in [0.2, 0.25) is 0 Å². The Kier molecular flexibility index (Phi) is 7.98. The van der Waals surface area contributed by atoms with E-state index in [2.05, 4.69) is 0 Å². The fraction of sp³-hybridized carbons (Fsp3) is 0.778. The molecule has 0 radical (unpaired) electrons. The van der Waals surface area contributed by atoms with Gasteiger partial charge in [-0.3, -0.25) is 9.36 Å². The minimum absolute atomic E-state index is 0.402. The third-order valence-corrected chi connectivity index (χ3v) is 2.98. The highest BCUT2D eigenvalue weighted by Gasteiger charge is 2.10. The summed E-state index contributed by atoms with van der Waals surface area (Å²) in [6.45, 7) is 3.47. The zero-order chi connectivity index (χ0) is 11.7. The van der Waals surface area contributed by atoms with Gasteiger partial charge in [0.05, 0.1) is 6.61 Å². The van der Waals surface area contributed by atoms with Crippen molar-refractivity contribution < 1.29 is 18.6 Å². The molecule has 0 fully saturated rings. The highest BCUT2D eigenvalue weighted by atomic mass is 31.1. The molecule has 0 aromatic heterocycles. The summed E-state index contributed by atoms with van der Waals surface area (Å²) in [5.74, 6) is -0.473. The van der Waals surface area contributed by atoms with Crippen molar-refractivity contribution in [1.29, 1.82) is 5.26 Å². The van der Waals surface area contributed by atoms with E-state index in [0.717, 1.165) is 0 Å². The summed E-state index contributed by atoms with van der Waals surface area (Å²) >= 11 is 0. The molecule has 0 aromatic rings. The molecule has 0 aliphatic heterocycles. The van der Waals surface area contributed by atoms with E-state index in [0.29, 0.717) is 25.6 Å². The van der Waals surface area contributed by atoms with Crippen LogP contribution in [0.15, 0.2) is 0 Å². The van der Waals surface area contributed by atoms with Gasteiger partial charge in [0, 0.05) is 13.1 Å². The van der Waals surface area contributed by atoms with Gasteiger partial charge in [-0.2, -0.15) is 5.26 Å². The average Bonchev–Trinajstić information content (AvgIpc) is 2.16. The number of nitriles is 1. The molecule has 15 heavy (non-hydrogen) atoms. The van der Waals surface area contributed by atoms with Gasteiger partial charge < -0.3 is 9.26 Å². The fourth-order valence-electron chi connectivity index (χ4n) is 1.02. The molecule has 0 N–H and O–H groups in total. The Morgan fingerprint density at radius 1 is 1.60 bits per heavy atom. The SMILES string of the molecule is CCO[PH](=O)CCCC(C#N)OC(C)=O. The van der Waals surface area contributed by atoms with E-state index < -0.39 is 20.1 Å². The topological polar surface area (TPSA) is 76.4 Å². The molecule has 2 atom stereocenters. The first kappa shape index (κ1) is 14.2. The second-order valence-electron chi connectivity index (χ2n) is 2.92. The van der Waals surface area contributed by atoms with E-state index in [9.17, 15) is 9.36 Å². The number of hydrogen-bond acceptors (Lipinski definition) is 5. The Bertz CT molecular complexity index is 261. The monoisotopic (exact) mass is 233 g/mol. The lowest BCUT2D eigenvalue weighted by Crippen LogP contribution is -2.14. The molecule has 2 unspecified atom stereocenters. The maximum Gasteiger partial charge on any atom is 0.303 e. The van der Waals surface area contributed by atoms with Crippen LogP contribution in [0, 0.1) is 11.3 Å². The number of esters is 1. The van der Waals surface area contributed by atoms with E-state index >= 15 is 0 Å². The first-order valence-corrected chi connectivity index (χ1v) is 6.35. The lowest BCUT2D eigenvalue weighted by molar-refractivity contribution is -0.144. The third kappa shape index (κ3) is 8.17. The number of carbonyl (C=O) groups is 1. The van der Waals surface area contributed by atoms with Gasteiger partial charge in [0.2, 0.25) is 0 Å². The van der Waals surface area contributed by atoms with Crippen LogP contribution < -0.4 is 0 Å². The van der Waals surface area contributed by atoms with E-state index in [1.54, 1.807) is 6.92 Å². The summed E-state index contributed by atoms with van der Waals surface area (Å²) in [5, 5.41) is 8.62. The number of ether oxygens (including phenoxy) is 1. The third-order valence-electron chi connectivity index (χ3n) is 1.60. The Morgan fingerprint density at radius 3 is 2.73 bits per heavy atom. The Balaban J connectivity index is 3.69. The predicted molar refractivity (Wildman–Crippen MR) is 55.9 cm³/mol. The molecule has 0 spiro atoms. The summed E-state index contributed by atoms with van der Waals surface area (Å²) < 4.78 is 20.7. The number of carbonyl (C=O) groups excluding carboxylic acids is 1. The highest BCUT2D eigenvalue weighted by molar-refractivity contribution is 7.39. The van der Waals surface area contributed by atoms with Gasteiger partial charge in [-0.15, -0.1) is 0 Å². The van der Waals surface area contributed by atoms with E-state index in [1.165, 1.54) is 6.92 Å². The smallest absolute Gasteiger partial charge is 0.303 e. The van der Waals surface area contributed by atoms with Gasteiger partial charge in [0.25, 0.3) is 0 Å². The van der Waals surface area contributed by atoms with Crippen molar-refractivity contribution in [3.05, 3.63) is 0 Å². The lowest BCUT2D eigenvalue weighted by Gasteiger charge is -2.08. The maximum absolute atomic E-state index is 11.1. The molecule has 0 saturated heterocycles. The first-order valence-electron chi connectivity index (χ1n) is 4.82. The van der Waals surface area contributed by atoms with E-state index in [-0.39, 0.29) is 0 Å². The fourth-order valence-corrected chi connectivity index (χ4v) is 1.97. The molecule has 5 nitrogen and oxygen atoms in total. The largest absolute Gasteiger partial charge is 0.447 e. The van der Waals surface area contributed by atoms with E-state index in [1.807, 2.05) is 6.07 Å². The number of hydrogen-bond donors (Lipinski definition) is 0. The van der Waals surface area contributed by atoms with Crippen molar-refractivity contribution in [2.45, 2.75) is 32.8 Å². The van der Waals surface area contributed by atoms with Crippen molar-refractivity contribution in [3.63, 3.8) is 0 Å². The van der Waals surface area contributed by atoms with Crippen molar-refractivity contribution in [3.8, 4) is 6.07 Å². The predicted octanol–water partition coefficient (Wildman–Crippen LogP) is 1.73. The summed E-state index contributed by atoms with van der Waals surface area (Å²) in [6.07, 6.45) is 0.653. The van der Waals surface area contributed by atoms with Crippen molar-refractivity contribution in [1.82, 2.24) is 0 Å². The van der Waals surface area contributed by atoms with Gasteiger partial charge in [-0.25, -0.2) is 0 Å². The number of rotatable bonds is 7. The van der Waals surface area contributed by atoms with Crippen molar-refractivity contribution >= 4 is 14.0 Å². The van der Waals surface area contributed by atoms with E-state index in [4.69, 9.17) is 14.5 Å². The van der Waals surface area contributed by atoms with Gasteiger partial charge in [-0.1, -0.05) is 0 Å². The Morgan fingerprint density at radius 2 is 2.27 bits per heavy atom. The Hall–Kier alpha value is -0.850. The van der Waals surface area contributed by atoms with Crippen molar-refractivity contribution in [2.75, 3.05) is 12.8 Å². The molecule has 0 saturated carbocycles. The summed E-state index contributed by atoms with van der Waals surface area (Å²) in [6, 6.07) is 1.86. The summed E-state index contributed by atoms with van der Waals surface area (Å²) in [7, 11) is -1.97. The van der Waals surface area contributed by atoms with Crippen LogP contribution in [0.1, 0.15) is 26.7 Å². The van der Waals surface area contributed by atoms with Crippen LogP contribution in [0.25, 0.3) is 0 Å². The normalized spacial score (nSPS) is 13.9. The Labute approximate surface area is 90.2 Å². The van der Waals surface area contributed by atoms with Gasteiger partial charge in [0.15, 0.2) is 14.1 Å². The zero-order valence-corrected chi connectivity index (χ0v) is 9.99. The number of nitrogens with zero attached hydrogens (tertiary/aromatic N) is 1. The molecular weight excluding hydrogens is 217 g/mol. The lowest BCUT2D eigenvalue weighted by atomic mass is 10.2. The minimum Gasteiger partial charge on any atom is -0.447 e. The molecule has 0 amide bonds. The van der Waals surface area contributed by atoms with Crippen LogP contribution in [0.4, 0.5) is 0 Å². The van der Waals surface area contributed by atoms with Gasteiger partial charge >= 0.3 is 5.97 Å². The van der Waals surface area contributed by atoms with Crippen LogP contribution in [0.3, 0.4) is 0 Å². The first-order chi connectivity index (χ1) is 7.10. The summed E-state index contributed by atoms with van der Waals surface area (Å²) in [4.78, 5) is 10.6. The molecule has 0 aromatic carbocycles. The zero-order valence-electron chi connectivity index (χ0n) is 8.99. The molecule has 86 valence electrons. The molecule has 0 bridgehead atoms. The summed E-state index contributed by atoms with van der Waals surface area (Å²) in [5.41, 5.74) is 0. The maximum atomic E-state index is 11.1. The van der Waals surface area contributed by atoms with Crippen LogP contribution in [0.5, 0.6) is 0 Å². The van der Waals surface area contributed by atoms with Crippen LogP contribution in [-0.4, -0.2) is 24.8 Å². The average molecular weight is 233 g/mol. The van der Waals surface area contributed by atoms with Crippen LogP contribution in [-0.2, 0) is 18.6 Å². The highest BCUT2D eigenvalue weighted by Crippen LogP contribution is 2.23. The van der Waals surface area contributed by atoms with Crippen molar-refractivity contribution in [2.24, 2.45) is 0 Å². The quantitative estimate of drug-likeness (QED) is 0.494. The molecule has 0 rings (SSSR count). The van der Waals surface area contributed by atoms with Gasteiger partial charge in [-0.05, 0) is 19.8 Å². The standard InChI is InChI=1S/C9H16NO4P/c1-3-13-15(12)6-4-5-9(7-10)14-8(2)11/h9,15H,3-6H2,1-2H3. The molecule has 0 aliphatic rings. The second-order valence-corrected chi connectivity index (χ2v) is 4.46. The molecular formula is C9H16NO4P.